The average molecular weight is 216 g/mol. The number of rotatable bonds is 7. The van der Waals surface area contributed by atoms with Crippen molar-refractivity contribution in [3.63, 3.8) is 0 Å². The Morgan fingerprint density at radius 2 is 2.33 bits per heavy atom. The van der Waals surface area contributed by atoms with Crippen molar-refractivity contribution >= 4 is 0 Å². The highest BCUT2D eigenvalue weighted by Crippen LogP contribution is 2.25. The first kappa shape index (κ1) is 12.9. The van der Waals surface area contributed by atoms with Gasteiger partial charge in [0.2, 0.25) is 0 Å². The molecule has 0 amide bonds. The Hall–Kier alpha value is -0.160. The zero-order valence-corrected chi connectivity index (χ0v) is 9.61. The molecule has 1 aliphatic rings. The van der Waals surface area contributed by atoms with Crippen LogP contribution in [0.3, 0.4) is 0 Å². The van der Waals surface area contributed by atoms with E-state index in [1.54, 1.807) is 7.11 Å². The second-order valence-electron chi connectivity index (χ2n) is 4.36. The SMILES string of the molecule is COCC(CCO)NC1CCCC1CN. The van der Waals surface area contributed by atoms with Crippen LogP contribution in [0.25, 0.3) is 0 Å². The number of aliphatic hydroxyl groups excluding tert-OH is 1. The smallest absolute Gasteiger partial charge is 0.0616 e. The highest BCUT2D eigenvalue weighted by Gasteiger charge is 2.27. The normalized spacial score (nSPS) is 28.2. The molecular formula is C11H24N2O2. The molecule has 0 saturated heterocycles. The van der Waals surface area contributed by atoms with Gasteiger partial charge in [-0.25, -0.2) is 0 Å². The number of nitrogens with one attached hydrogen (secondary N) is 1. The lowest BCUT2D eigenvalue weighted by Crippen LogP contribution is -2.44. The van der Waals surface area contributed by atoms with E-state index in [0.29, 0.717) is 18.6 Å². The molecule has 1 saturated carbocycles. The maximum absolute atomic E-state index is 8.94. The van der Waals surface area contributed by atoms with Crippen LogP contribution in [0.4, 0.5) is 0 Å². The van der Waals surface area contributed by atoms with E-state index in [-0.39, 0.29) is 12.6 Å². The lowest BCUT2D eigenvalue weighted by Gasteiger charge is -2.25. The van der Waals surface area contributed by atoms with Crippen molar-refractivity contribution in [1.29, 1.82) is 0 Å². The quantitative estimate of drug-likeness (QED) is 0.565. The maximum Gasteiger partial charge on any atom is 0.0616 e. The van der Waals surface area contributed by atoms with Crippen molar-refractivity contribution in [1.82, 2.24) is 5.32 Å². The van der Waals surface area contributed by atoms with Crippen LogP contribution in [0, 0.1) is 5.92 Å². The van der Waals surface area contributed by atoms with E-state index in [9.17, 15) is 0 Å². The predicted molar refractivity (Wildman–Crippen MR) is 60.7 cm³/mol. The molecule has 4 heteroatoms. The fourth-order valence-electron chi connectivity index (χ4n) is 2.41. The Labute approximate surface area is 92.2 Å². The molecule has 15 heavy (non-hydrogen) atoms. The van der Waals surface area contributed by atoms with E-state index in [0.717, 1.165) is 13.0 Å². The molecule has 4 nitrogen and oxygen atoms in total. The van der Waals surface area contributed by atoms with Crippen molar-refractivity contribution in [2.75, 3.05) is 26.9 Å². The van der Waals surface area contributed by atoms with Crippen molar-refractivity contribution in [3.8, 4) is 0 Å². The molecule has 3 unspecified atom stereocenters. The maximum atomic E-state index is 8.94. The number of hydrogen-bond donors (Lipinski definition) is 3. The van der Waals surface area contributed by atoms with Crippen LogP contribution in [0.1, 0.15) is 25.7 Å². The molecule has 90 valence electrons. The van der Waals surface area contributed by atoms with Crippen molar-refractivity contribution in [2.45, 2.75) is 37.8 Å². The fraction of sp³-hybridized carbons (Fsp3) is 1.00. The van der Waals surface area contributed by atoms with Crippen LogP contribution in [0.2, 0.25) is 0 Å². The summed E-state index contributed by atoms with van der Waals surface area (Å²) in [6, 6.07) is 0.777. The highest BCUT2D eigenvalue weighted by molar-refractivity contribution is 4.86. The summed E-state index contributed by atoms with van der Waals surface area (Å²) >= 11 is 0. The van der Waals surface area contributed by atoms with Gasteiger partial charge in [-0.15, -0.1) is 0 Å². The first-order chi connectivity index (χ1) is 7.31. The van der Waals surface area contributed by atoms with E-state index in [1.165, 1.54) is 19.3 Å². The van der Waals surface area contributed by atoms with E-state index >= 15 is 0 Å². The second-order valence-corrected chi connectivity index (χ2v) is 4.36. The summed E-state index contributed by atoms with van der Waals surface area (Å²) in [5.74, 6) is 0.600. The largest absolute Gasteiger partial charge is 0.396 e. The van der Waals surface area contributed by atoms with Gasteiger partial charge in [0, 0.05) is 25.8 Å². The molecule has 1 fully saturated rings. The summed E-state index contributed by atoms with van der Waals surface area (Å²) in [7, 11) is 1.70. The minimum absolute atomic E-state index is 0.209. The van der Waals surface area contributed by atoms with E-state index in [2.05, 4.69) is 5.32 Å². The summed E-state index contributed by atoms with van der Waals surface area (Å²) in [4.78, 5) is 0. The molecule has 0 aromatic carbocycles. The Bertz CT molecular complexity index is 161. The van der Waals surface area contributed by atoms with Crippen molar-refractivity contribution in [3.05, 3.63) is 0 Å². The summed E-state index contributed by atoms with van der Waals surface area (Å²) in [5, 5.41) is 12.5. The minimum Gasteiger partial charge on any atom is -0.396 e. The molecule has 0 radical (unpaired) electrons. The minimum atomic E-state index is 0.209. The monoisotopic (exact) mass is 216 g/mol. The Kier molecular flexibility index (Phi) is 6.17. The van der Waals surface area contributed by atoms with Gasteiger partial charge in [0.25, 0.3) is 0 Å². The fourth-order valence-corrected chi connectivity index (χ4v) is 2.41. The predicted octanol–water partition coefficient (Wildman–Crippen LogP) is 0.101. The van der Waals surface area contributed by atoms with E-state index < -0.39 is 0 Å². The standard InChI is InChI=1S/C11H24N2O2/c1-15-8-10(5-6-14)13-11-4-2-3-9(11)7-12/h9-11,13-14H,2-8,12H2,1H3. The molecule has 0 aromatic heterocycles. The summed E-state index contributed by atoms with van der Waals surface area (Å²) in [6.07, 6.45) is 4.44. The van der Waals surface area contributed by atoms with Gasteiger partial charge in [0.05, 0.1) is 6.61 Å². The van der Waals surface area contributed by atoms with Gasteiger partial charge in [-0.3, -0.25) is 0 Å². The number of nitrogens with two attached hydrogens (primary N) is 1. The van der Waals surface area contributed by atoms with Crippen LogP contribution in [0.15, 0.2) is 0 Å². The van der Waals surface area contributed by atoms with Gasteiger partial charge in [-0.1, -0.05) is 6.42 Å². The van der Waals surface area contributed by atoms with Gasteiger partial charge in [0.15, 0.2) is 0 Å². The third kappa shape index (κ3) is 4.07. The third-order valence-corrected chi connectivity index (χ3v) is 3.26. The first-order valence-electron chi connectivity index (χ1n) is 5.87. The van der Waals surface area contributed by atoms with Gasteiger partial charge < -0.3 is 20.9 Å². The van der Waals surface area contributed by atoms with Crippen LogP contribution >= 0.6 is 0 Å². The molecule has 0 aliphatic heterocycles. The lowest BCUT2D eigenvalue weighted by molar-refractivity contribution is 0.138. The summed E-state index contributed by atoms with van der Waals surface area (Å²) < 4.78 is 5.13. The molecule has 1 aliphatic carbocycles. The molecule has 3 atom stereocenters. The van der Waals surface area contributed by atoms with Crippen LogP contribution in [0.5, 0.6) is 0 Å². The number of ether oxygens (including phenoxy) is 1. The highest BCUT2D eigenvalue weighted by atomic mass is 16.5. The zero-order valence-electron chi connectivity index (χ0n) is 9.61. The van der Waals surface area contributed by atoms with Gasteiger partial charge in [-0.05, 0) is 31.7 Å². The summed E-state index contributed by atoms with van der Waals surface area (Å²) in [5.41, 5.74) is 5.73. The zero-order chi connectivity index (χ0) is 11.1. The Morgan fingerprint density at radius 3 is 2.93 bits per heavy atom. The molecule has 0 spiro atoms. The van der Waals surface area contributed by atoms with Gasteiger partial charge >= 0.3 is 0 Å². The number of methoxy groups -OCH3 is 1. The van der Waals surface area contributed by atoms with Crippen LogP contribution in [-0.2, 0) is 4.74 Å². The molecule has 0 heterocycles. The topological polar surface area (TPSA) is 67.5 Å². The van der Waals surface area contributed by atoms with E-state index in [1.807, 2.05) is 0 Å². The van der Waals surface area contributed by atoms with E-state index in [4.69, 9.17) is 15.6 Å². The Morgan fingerprint density at radius 1 is 1.53 bits per heavy atom. The average Bonchev–Trinajstić information content (AvgIpc) is 2.66. The number of hydrogen-bond acceptors (Lipinski definition) is 4. The van der Waals surface area contributed by atoms with Gasteiger partial charge in [-0.2, -0.15) is 0 Å². The van der Waals surface area contributed by atoms with Gasteiger partial charge in [0.1, 0.15) is 0 Å². The summed E-state index contributed by atoms with van der Waals surface area (Å²) in [6.45, 7) is 1.63. The molecular weight excluding hydrogens is 192 g/mol. The first-order valence-corrected chi connectivity index (χ1v) is 5.87. The van der Waals surface area contributed by atoms with Crippen molar-refractivity contribution < 1.29 is 9.84 Å². The second kappa shape index (κ2) is 7.17. The Balaban J connectivity index is 2.35. The molecule has 0 bridgehead atoms. The lowest BCUT2D eigenvalue weighted by atomic mass is 10.0. The molecule has 1 rings (SSSR count). The molecule has 0 aromatic rings. The van der Waals surface area contributed by atoms with Crippen molar-refractivity contribution in [2.24, 2.45) is 11.7 Å². The molecule has 4 N–H and O–H groups in total. The van der Waals surface area contributed by atoms with Crippen LogP contribution < -0.4 is 11.1 Å². The van der Waals surface area contributed by atoms with Crippen LogP contribution in [-0.4, -0.2) is 44.1 Å². The third-order valence-electron chi connectivity index (χ3n) is 3.26. The number of aliphatic hydroxyl groups is 1.